The van der Waals surface area contributed by atoms with Crippen LogP contribution in [0.1, 0.15) is 40.5 Å². The smallest absolute Gasteiger partial charge is 0.303 e. The monoisotopic (exact) mass is 366 g/mol. The van der Waals surface area contributed by atoms with Crippen molar-refractivity contribution in [3.05, 3.63) is 11.6 Å². The summed E-state index contributed by atoms with van der Waals surface area (Å²) in [6.07, 6.45) is 0.896. The van der Waals surface area contributed by atoms with Crippen LogP contribution in [0.5, 0.6) is 0 Å². The van der Waals surface area contributed by atoms with Gasteiger partial charge >= 0.3 is 11.9 Å². The Morgan fingerprint density at radius 3 is 2.62 bits per heavy atom. The van der Waals surface area contributed by atoms with Gasteiger partial charge in [0.05, 0.1) is 18.1 Å². The highest BCUT2D eigenvalue weighted by molar-refractivity contribution is 5.67. The molecule has 7 heteroatoms. The van der Waals surface area contributed by atoms with E-state index >= 15 is 0 Å². The van der Waals surface area contributed by atoms with Crippen LogP contribution >= 0.6 is 0 Å². The molecule has 1 N–H and O–H groups in total. The lowest BCUT2D eigenvalue weighted by atomic mass is 9.51. The first kappa shape index (κ1) is 17.9. The molecule has 7 atom stereocenters. The Labute approximate surface area is 152 Å². The summed E-state index contributed by atoms with van der Waals surface area (Å²) in [5, 5.41) is 10.9. The van der Waals surface area contributed by atoms with Crippen molar-refractivity contribution in [2.24, 2.45) is 10.8 Å². The Bertz CT molecular complexity index is 681. The van der Waals surface area contributed by atoms with Gasteiger partial charge in [0.25, 0.3) is 0 Å². The average Bonchev–Trinajstić information content (AvgIpc) is 3.34. The van der Waals surface area contributed by atoms with Gasteiger partial charge < -0.3 is 24.1 Å². The molecule has 7 nitrogen and oxygen atoms in total. The molecule has 1 saturated carbocycles. The lowest BCUT2D eigenvalue weighted by molar-refractivity contribution is -0.233. The fourth-order valence-corrected chi connectivity index (χ4v) is 5.60. The first-order valence-electron chi connectivity index (χ1n) is 9.13. The van der Waals surface area contributed by atoms with Gasteiger partial charge in [-0.2, -0.15) is 0 Å². The number of allylic oxidation sites excluding steroid dienone is 1. The number of carbonyl (C=O) groups excluding carboxylic acids is 2. The van der Waals surface area contributed by atoms with E-state index in [1.54, 1.807) is 0 Å². The summed E-state index contributed by atoms with van der Waals surface area (Å²) in [4.78, 5) is 23.4. The maximum Gasteiger partial charge on any atom is 0.303 e. The quantitative estimate of drug-likeness (QED) is 0.454. The second kappa shape index (κ2) is 5.53. The molecule has 3 fully saturated rings. The van der Waals surface area contributed by atoms with E-state index in [0.29, 0.717) is 13.0 Å². The number of aliphatic hydroxyl groups is 1. The predicted molar refractivity (Wildman–Crippen MR) is 89.1 cm³/mol. The minimum absolute atomic E-state index is 0.135. The number of esters is 2. The number of aliphatic hydroxyl groups excluding tert-OH is 1. The van der Waals surface area contributed by atoms with Crippen LogP contribution in [-0.4, -0.2) is 60.3 Å². The van der Waals surface area contributed by atoms with Gasteiger partial charge in [0.15, 0.2) is 0 Å². The number of ether oxygens (including phenoxy) is 4. The molecule has 0 aromatic rings. The number of epoxide rings is 1. The highest BCUT2D eigenvalue weighted by Gasteiger charge is 2.85. The third kappa shape index (κ3) is 2.05. The molecule has 2 bridgehead atoms. The van der Waals surface area contributed by atoms with Crippen LogP contribution < -0.4 is 0 Å². The molecule has 1 spiro atoms. The molecule has 2 saturated heterocycles. The first-order chi connectivity index (χ1) is 12.2. The molecule has 0 aromatic carbocycles. The van der Waals surface area contributed by atoms with E-state index in [0.717, 1.165) is 6.42 Å². The standard InChI is InChI=1S/C19H26O7/c1-10-5-6-18(8-23-11(2)20)13(7-10)26-16-14(22)15(25-12(3)21)17(18,4)19(16)9-24-19/h7,13-16,22H,5-6,8-9H2,1-4H3/t13-,14-,15+,16-,17-,18+,19-/m0/s1. The molecule has 2 aliphatic heterocycles. The van der Waals surface area contributed by atoms with Crippen molar-refractivity contribution in [2.45, 2.75) is 70.6 Å². The van der Waals surface area contributed by atoms with Crippen molar-refractivity contribution in [3.63, 3.8) is 0 Å². The van der Waals surface area contributed by atoms with E-state index in [4.69, 9.17) is 18.9 Å². The second-order valence-electron chi connectivity index (χ2n) is 8.33. The Morgan fingerprint density at radius 1 is 1.35 bits per heavy atom. The zero-order valence-electron chi connectivity index (χ0n) is 15.6. The van der Waals surface area contributed by atoms with Gasteiger partial charge in [0.2, 0.25) is 0 Å². The van der Waals surface area contributed by atoms with Gasteiger partial charge in [-0.25, -0.2) is 0 Å². The topological polar surface area (TPSA) is 94.6 Å². The molecule has 4 aliphatic rings. The van der Waals surface area contributed by atoms with Gasteiger partial charge in [-0.1, -0.05) is 18.6 Å². The molecular weight excluding hydrogens is 340 g/mol. The summed E-state index contributed by atoms with van der Waals surface area (Å²) < 4.78 is 23.3. The van der Waals surface area contributed by atoms with Gasteiger partial charge in [0, 0.05) is 19.3 Å². The Morgan fingerprint density at radius 2 is 2.04 bits per heavy atom. The number of hydrogen-bond donors (Lipinski definition) is 1. The minimum Gasteiger partial charge on any atom is -0.465 e. The normalized spacial score (nSPS) is 48.6. The molecular formula is C19H26O7. The van der Waals surface area contributed by atoms with Gasteiger partial charge in [0.1, 0.15) is 30.5 Å². The summed E-state index contributed by atoms with van der Waals surface area (Å²) in [6, 6.07) is 0. The summed E-state index contributed by atoms with van der Waals surface area (Å²) in [5.41, 5.74) is -0.890. The number of fused-ring (bicyclic) bond motifs is 2. The zero-order chi connectivity index (χ0) is 18.9. The van der Waals surface area contributed by atoms with E-state index in [1.807, 2.05) is 13.8 Å². The van der Waals surface area contributed by atoms with Crippen LogP contribution in [0.4, 0.5) is 0 Å². The largest absolute Gasteiger partial charge is 0.465 e. The van der Waals surface area contributed by atoms with Crippen molar-refractivity contribution in [2.75, 3.05) is 13.2 Å². The average molecular weight is 366 g/mol. The second-order valence-corrected chi connectivity index (χ2v) is 8.33. The van der Waals surface area contributed by atoms with Crippen LogP contribution in [0.25, 0.3) is 0 Å². The van der Waals surface area contributed by atoms with E-state index < -0.39 is 40.7 Å². The number of carbonyl (C=O) groups is 2. The van der Waals surface area contributed by atoms with Crippen LogP contribution in [0.2, 0.25) is 0 Å². The van der Waals surface area contributed by atoms with Crippen molar-refractivity contribution in [1.29, 1.82) is 0 Å². The Kier molecular flexibility index (Phi) is 3.82. The SMILES string of the molecule is CC(=O)OC[C@]12CCC(C)=C[C@@H]1O[C@H]1[C@@H](O)[C@@H](OC(C)=O)[C@]2(C)[C@]12CO2. The van der Waals surface area contributed by atoms with Crippen molar-refractivity contribution in [3.8, 4) is 0 Å². The fourth-order valence-electron chi connectivity index (χ4n) is 5.60. The fraction of sp³-hybridized carbons (Fsp3) is 0.789. The molecule has 144 valence electrons. The summed E-state index contributed by atoms with van der Waals surface area (Å²) >= 11 is 0. The van der Waals surface area contributed by atoms with Crippen LogP contribution in [0.3, 0.4) is 0 Å². The zero-order valence-corrected chi connectivity index (χ0v) is 15.6. The maximum atomic E-state index is 11.8. The van der Waals surface area contributed by atoms with Gasteiger partial charge in [-0.15, -0.1) is 0 Å². The molecule has 4 rings (SSSR count). The van der Waals surface area contributed by atoms with Crippen LogP contribution in [0, 0.1) is 10.8 Å². The first-order valence-corrected chi connectivity index (χ1v) is 9.13. The Hall–Kier alpha value is -1.44. The molecule has 26 heavy (non-hydrogen) atoms. The van der Waals surface area contributed by atoms with Gasteiger partial charge in [-0.3, -0.25) is 9.59 Å². The van der Waals surface area contributed by atoms with E-state index in [2.05, 4.69) is 6.08 Å². The van der Waals surface area contributed by atoms with E-state index in [1.165, 1.54) is 19.4 Å². The van der Waals surface area contributed by atoms with Crippen molar-refractivity contribution in [1.82, 2.24) is 0 Å². The maximum absolute atomic E-state index is 11.8. The van der Waals surface area contributed by atoms with Crippen molar-refractivity contribution >= 4 is 11.9 Å². The predicted octanol–water partition coefficient (Wildman–Crippen LogP) is 1.12. The van der Waals surface area contributed by atoms with E-state index in [9.17, 15) is 14.7 Å². The molecule has 2 heterocycles. The van der Waals surface area contributed by atoms with Crippen LogP contribution in [0.15, 0.2) is 11.6 Å². The van der Waals surface area contributed by atoms with Gasteiger partial charge in [-0.05, 0) is 19.8 Å². The summed E-state index contributed by atoms with van der Waals surface area (Å²) in [5.74, 6) is -0.830. The number of rotatable bonds is 3. The lowest BCUT2D eigenvalue weighted by Gasteiger charge is -2.58. The third-order valence-corrected chi connectivity index (χ3v) is 7.08. The highest BCUT2D eigenvalue weighted by Crippen LogP contribution is 2.72. The highest BCUT2D eigenvalue weighted by atomic mass is 16.7. The van der Waals surface area contributed by atoms with Crippen molar-refractivity contribution < 1.29 is 33.6 Å². The third-order valence-electron chi connectivity index (χ3n) is 7.08. The van der Waals surface area contributed by atoms with Crippen LogP contribution in [-0.2, 0) is 28.5 Å². The molecule has 0 amide bonds. The molecule has 0 unspecified atom stereocenters. The molecule has 0 radical (unpaired) electrons. The number of hydrogen-bond acceptors (Lipinski definition) is 7. The minimum atomic E-state index is -0.986. The summed E-state index contributed by atoms with van der Waals surface area (Å²) in [7, 11) is 0. The summed E-state index contributed by atoms with van der Waals surface area (Å²) in [6.45, 7) is 7.31. The molecule has 0 aromatic heterocycles. The molecule has 2 aliphatic carbocycles. The van der Waals surface area contributed by atoms with E-state index in [-0.39, 0.29) is 18.7 Å². The lowest BCUT2D eigenvalue weighted by Crippen LogP contribution is -2.66. The Balaban J connectivity index is 1.86.